The second-order valence-electron chi connectivity index (χ2n) is 5.14. The van der Waals surface area contributed by atoms with Crippen molar-refractivity contribution >= 4 is 5.97 Å². The molecule has 18 heavy (non-hydrogen) atoms. The van der Waals surface area contributed by atoms with Crippen LogP contribution >= 0.6 is 0 Å². The first-order valence-electron chi connectivity index (χ1n) is 6.44. The van der Waals surface area contributed by atoms with Gasteiger partial charge >= 0.3 is 5.97 Å². The lowest BCUT2D eigenvalue weighted by atomic mass is 10.1. The predicted octanol–water partition coefficient (Wildman–Crippen LogP) is 1.48. The number of hydrogen-bond donors (Lipinski definition) is 1. The third-order valence-electron chi connectivity index (χ3n) is 3.93. The number of hydrogen-bond acceptors (Lipinski definition) is 3. The van der Waals surface area contributed by atoms with E-state index in [1.54, 1.807) is 0 Å². The summed E-state index contributed by atoms with van der Waals surface area (Å²) in [6.07, 6.45) is 2.33. The van der Waals surface area contributed by atoms with Crippen molar-refractivity contribution in [1.82, 2.24) is 14.7 Å². The Hall–Kier alpha value is -1.36. The van der Waals surface area contributed by atoms with Crippen LogP contribution in [0.1, 0.15) is 36.2 Å². The van der Waals surface area contributed by atoms with Crippen molar-refractivity contribution in [3.05, 3.63) is 17.0 Å². The van der Waals surface area contributed by atoms with E-state index in [-0.39, 0.29) is 12.5 Å². The molecule has 5 nitrogen and oxygen atoms in total. The Bertz CT molecular complexity index is 453. The average molecular weight is 251 g/mol. The highest BCUT2D eigenvalue weighted by Crippen LogP contribution is 2.24. The zero-order valence-electron chi connectivity index (χ0n) is 11.3. The van der Waals surface area contributed by atoms with Crippen molar-refractivity contribution < 1.29 is 9.90 Å². The summed E-state index contributed by atoms with van der Waals surface area (Å²) in [5, 5.41) is 13.3. The Balaban J connectivity index is 2.10. The van der Waals surface area contributed by atoms with E-state index >= 15 is 0 Å². The van der Waals surface area contributed by atoms with E-state index < -0.39 is 5.97 Å². The molecule has 1 aromatic heterocycles. The third-order valence-corrected chi connectivity index (χ3v) is 3.93. The van der Waals surface area contributed by atoms with Crippen molar-refractivity contribution in [2.24, 2.45) is 7.05 Å². The maximum atomic E-state index is 10.8. The summed E-state index contributed by atoms with van der Waals surface area (Å²) < 4.78 is 1.90. The number of rotatable bonds is 4. The number of nitrogens with zero attached hydrogens (tertiary/aromatic N) is 3. The van der Waals surface area contributed by atoms with Crippen LogP contribution in [0.15, 0.2) is 0 Å². The van der Waals surface area contributed by atoms with E-state index in [0.29, 0.717) is 0 Å². The van der Waals surface area contributed by atoms with Gasteiger partial charge in [0.2, 0.25) is 0 Å². The minimum Gasteiger partial charge on any atom is -0.481 e. The molecule has 1 atom stereocenters. The summed E-state index contributed by atoms with van der Waals surface area (Å²) >= 11 is 0. The van der Waals surface area contributed by atoms with Gasteiger partial charge in [0.05, 0.1) is 12.1 Å². The van der Waals surface area contributed by atoms with Crippen LogP contribution in [0.3, 0.4) is 0 Å². The molecular formula is C13H21N3O2. The van der Waals surface area contributed by atoms with Crippen LogP contribution < -0.4 is 0 Å². The van der Waals surface area contributed by atoms with Gasteiger partial charge < -0.3 is 5.11 Å². The first kappa shape index (κ1) is 13.1. The van der Waals surface area contributed by atoms with Crippen LogP contribution in [-0.4, -0.2) is 38.3 Å². The summed E-state index contributed by atoms with van der Waals surface area (Å²) in [6.45, 7) is 5.90. The van der Waals surface area contributed by atoms with Crippen molar-refractivity contribution in [1.29, 1.82) is 0 Å². The van der Waals surface area contributed by atoms with E-state index in [1.807, 2.05) is 18.7 Å². The quantitative estimate of drug-likeness (QED) is 0.880. The zero-order chi connectivity index (χ0) is 13.3. The molecule has 0 spiro atoms. The van der Waals surface area contributed by atoms with Gasteiger partial charge in [-0.3, -0.25) is 14.4 Å². The molecule has 0 bridgehead atoms. The largest absolute Gasteiger partial charge is 0.481 e. The monoisotopic (exact) mass is 251 g/mol. The molecule has 5 heteroatoms. The highest BCUT2D eigenvalue weighted by atomic mass is 16.4. The molecule has 1 aliphatic heterocycles. The molecule has 1 N–H and O–H groups in total. The van der Waals surface area contributed by atoms with Gasteiger partial charge in [0.15, 0.2) is 0 Å². The van der Waals surface area contributed by atoms with Gasteiger partial charge in [0, 0.05) is 30.9 Å². The number of carbonyl (C=O) groups is 1. The Morgan fingerprint density at radius 3 is 2.78 bits per heavy atom. The second-order valence-corrected chi connectivity index (χ2v) is 5.14. The standard InChI is InChI=1S/C13H21N3O2/c1-9-12(10(2)15(3)14-9)8-16-6-4-5-11(16)7-13(17)18/h11H,4-8H2,1-3H3,(H,17,18). The molecule has 100 valence electrons. The topological polar surface area (TPSA) is 58.4 Å². The summed E-state index contributed by atoms with van der Waals surface area (Å²) in [5.41, 5.74) is 3.47. The lowest BCUT2D eigenvalue weighted by molar-refractivity contribution is -0.138. The van der Waals surface area contributed by atoms with E-state index in [4.69, 9.17) is 5.11 Å². The second kappa shape index (κ2) is 5.10. The maximum Gasteiger partial charge on any atom is 0.304 e. The van der Waals surface area contributed by atoms with Crippen LogP contribution in [0.2, 0.25) is 0 Å². The molecule has 2 rings (SSSR count). The minimum absolute atomic E-state index is 0.182. The number of aryl methyl sites for hydroxylation is 2. The molecule has 0 aromatic carbocycles. The lowest BCUT2D eigenvalue weighted by Gasteiger charge is -2.23. The van der Waals surface area contributed by atoms with Crippen molar-refractivity contribution in [3.8, 4) is 0 Å². The van der Waals surface area contributed by atoms with Gasteiger partial charge in [0.25, 0.3) is 0 Å². The van der Waals surface area contributed by atoms with Crippen molar-refractivity contribution in [2.75, 3.05) is 6.54 Å². The molecule has 0 amide bonds. The molecular weight excluding hydrogens is 230 g/mol. The van der Waals surface area contributed by atoms with E-state index in [2.05, 4.69) is 16.9 Å². The number of carboxylic acid groups (broad SMARTS) is 1. The molecule has 1 aromatic rings. The average Bonchev–Trinajstić information content (AvgIpc) is 2.79. The summed E-state index contributed by atoms with van der Waals surface area (Å²) in [6, 6.07) is 0.182. The van der Waals surface area contributed by atoms with Gasteiger partial charge in [-0.15, -0.1) is 0 Å². The first-order valence-corrected chi connectivity index (χ1v) is 6.44. The molecule has 0 saturated carbocycles. The summed E-state index contributed by atoms with van der Waals surface area (Å²) in [5.74, 6) is -0.702. The molecule has 2 heterocycles. The molecule has 0 aliphatic carbocycles. The van der Waals surface area contributed by atoms with Gasteiger partial charge in [-0.05, 0) is 33.2 Å². The predicted molar refractivity (Wildman–Crippen MR) is 68.4 cm³/mol. The summed E-state index contributed by atoms with van der Waals surface area (Å²) in [4.78, 5) is 13.1. The normalized spacial score (nSPS) is 20.5. The highest BCUT2D eigenvalue weighted by Gasteiger charge is 2.27. The van der Waals surface area contributed by atoms with E-state index in [1.165, 1.54) is 11.3 Å². The lowest BCUT2D eigenvalue weighted by Crippen LogP contribution is -2.31. The number of likely N-dealkylation sites (tertiary alicyclic amines) is 1. The fraction of sp³-hybridized carbons (Fsp3) is 0.692. The number of aliphatic carboxylic acids is 1. The third kappa shape index (κ3) is 2.56. The molecule has 1 saturated heterocycles. The SMILES string of the molecule is Cc1nn(C)c(C)c1CN1CCCC1CC(=O)O. The molecule has 0 radical (unpaired) electrons. The van der Waals surface area contributed by atoms with Gasteiger partial charge in [0.1, 0.15) is 0 Å². The van der Waals surface area contributed by atoms with Gasteiger partial charge in [-0.25, -0.2) is 0 Å². The van der Waals surface area contributed by atoms with E-state index in [0.717, 1.165) is 31.6 Å². The number of carboxylic acids is 1. The van der Waals surface area contributed by atoms with Crippen molar-refractivity contribution in [2.45, 2.75) is 45.7 Å². The van der Waals surface area contributed by atoms with Gasteiger partial charge in [-0.2, -0.15) is 5.10 Å². The zero-order valence-corrected chi connectivity index (χ0v) is 11.3. The molecule has 1 fully saturated rings. The van der Waals surface area contributed by atoms with Crippen LogP contribution in [0.4, 0.5) is 0 Å². The smallest absolute Gasteiger partial charge is 0.304 e. The van der Waals surface area contributed by atoms with Crippen LogP contribution in [0.5, 0.6) is 0 Å². The van der Waals surface area contributed by atoms with Crippen LogP contribution in [0.25, 0.3) is 0 Å². The Labute approximate surface area is 107 Å². The van der Waals surface area contributed by atoms with Crippen LogP contribution in [-0.2, 0) is 18.4 Å². The molecule has 1 unspecified atom stereocenters. The summed E-state index contributed by atoms with van der Waals surface area (Å²) in [7, 11) is 1.95. The van der Waals surface area contributed by atoms with E-state index in [9.17, 15) is 4.79 Å². The number of aromatic nitrogens is 2. The first-order chi connectivity index (χ1) is 8.49. The molecule has 1 aliphatic rings. The van der Waals surface area contributed by atoms with Crippen LogP contribution in [0, 0.1) is 13.8 Å². The Morgan fingerprint density at radius 1 is 1.50 bits per heavy atom. The Kier molecular flexibility index (Phi) is 3.71. The highest BCUT2D eigenvalue weighted by molar-refractivity contribution is 5.67. The van der Waals surface area contributed by atoms with Gasteiger partial charge in [-0.1, -0.05) is 0 Å². The maximum absolute atomic E-state index is 10.8. The van der Waals surface area contributed by atoms with Crippen molar-refractivity contribution in [3.63, 3.8) is 0 Å². The Morgan fingerprint density at radius 2 is 2.22 bits per heavy atom. The fourth-order valence-electron chi connectivity index (χ4n) is 2.79. The minimum atomic E-state index is -0.702. The fourth-order valence-corrected chi connectivity index (χ4v) is 2.79.